The smallest absolute Gasteiger partial charge is 0.262 e. The van der Waals surface area contributed by atoms with Gasteiger partial charge in [-0.15, -0.1) is 0 Å². The molecular weight excluding hydrogens is 321 g/mol. The van der Waals surface area contributed by atoms with Gasteiger partial charge in [-0.25, -0.2) is 12.8 Å². The normalized spacial score (nSPS) is 11.1. The Hall–Kier alpha value is -2.28. The van der Waals surface area contributed by atoms with Crippen LogP contribution in [0.5, 0.6) is 11.5 Å². The molecule has 124 valence electrons. The lowest BCUT2D eigenvalue weighted by atomic mass is 10.3. The van der Waals surface area contributed by atoms with Crippen LogP contribution in [0, 0.1) is 5.82 Å². The first-order chi connectivity index (χ1) is 11.0. The number of nitrogens with one attached hydrogen (secondary N) is 1. The highest BCUT2D eigenvalue weighted by molar-refractivity contribution is 7.92. The first kappa shape index (κ1) is 17.1. The largest absolute Gasteiger partial charge is 0.494 e. The van der Waals surface area contributed by atoms with Crippen LogP contribution in [0.3, 0.4) is 0 Å². The third kappa shape index (κ3) is 4.35. The monoisotopic (exact) mass is 339 g/mol. The van der Waals surface area contributed by atoms with Gasteiger partial charge < -0.3 is 9.47 Å². The van der Waals surface area contributed by atoms with Gasteiger partial charge in [0.15, 0.2) is 11.6 Å². The summed E-state index contributed by atoms with van der Waals surface area (Å²) < 4.78 is 51.1. The molecule has 2 aromatic rings. The van der Waals surface area contributed by atoms with Crippen molar-refractivity contribution in [3.63, 3.8) is 0 Å². The molecule has 0 heterocycles. The molecule has 0 aliphatic rings. The quantitative estimate of drug-likeness (QED) is 0.839. The van der Waals surface area contributed by atoms with Gasteiger partial charge in [-0.1, -0.05) is 0 Å². The van der Waals surface area contributed by atoms with Crippen molar-refractivity contribution in [3.05, 3.63) is 48.3 Å². The first-order valence-electron chi connectivity index (χ1n) is 7.14. The molecule has 2 aromatic carbocycles. The highest BCUT2D eigenvalue weighted by atomic mass is 32.2. The first-order valence-corrected chi connectivity index (χ1v) is 8.62. The molecule has 0 radical (unpaired) electrons. The second-order valence-corrected chi connectivity index (χ2v) is 6.27. The lowest BCUT2D eigenvalue weighted by molar-refractivity contribution is 0.321. The van der Waals surface area contributed by atoms with Crippen molar-refractivity contribution in [2.24, 2.45) is 0 Å². The van der Waals surface area contributed by atoms with E-state index in [9.17, 15) is 12.8 Å². The van der Waals surface area contributed by atoms with Crippen LogP contribution >= 0.6 is 0 Å². The predicted octanol–water partition coefficient (Wildman–Crippen LogP) is 3.42. The van der Waals surface area contributed by atoms with Crippen LogP contribution in [0.1, 0.15) is 13.8 Å². The average Bonchev–Trinajstić information content (AvgIpc) is 2.51. The third-order valence-electron chi connectivity index (χ3n) is 2.93. The summed E-state index contributed by atoms with van der Waals surface area (Å²) in [4.78, 5) is -0.174. The zero-order chi connectivity index (χ0) is 16.9. The summed E-state index contributed by atoms with van der Waals surface area (Å²) in [6.07, 6.45) is 0. The second kappa shape index (κ2) is 7.32. The van der Waals surface area contributed by atoms with Crippen LogP contribution in [0.4, 0.5) is 10.1 Å². The van der Waals surface area contributed by atoms with Gasteiger partial charge in [-0.3, -0.25) is 4.72 Å². The lowest BCUT2D eigenvalue weighted by Gasteiger charge is -2.10. The van der Waals surface area contributed by atoms with E-state index in [4.69, 9.17) is 9.47 Å². The molecule has 5 nitrogen and oxygen atoms in total. The van der Waals surface area contributed by atoms with Gasteiger partial charge in [0.25, 0.3) is 10.0 Å². The topological polar surface area (TPSA) is 64.6 Å². The van der Waals surface area contributed by atoms with E-state index in [0.29, 0.717) is 24.7 Å². The van der Waals surface area contributed by atoms with Crippen LogP contribution in [-0.2, 0) is 10.0 Å². The van der Waals surface area contributed by atoms with Crippen molar-refractivity contribution < 1.29 is 22.3 Å². The molecule has 7 heteroatoms. The molecule has 1 N–H and O–H groups in total. The van der Waals surface area contributed by atoms with Crippen molar-refractivity contribution >= 4 is 15.7 Å². The molecule has 0 fully saturated rings. The number of hydrogen-bond donors (Lipinski definition) is 1. The van der Waals surface area contributed by atoms with Gasteiger partial charge in [0.05, 0.1) is 18.1 Å². The second-order valence-electron chi connectivity index (χ2n) is 4.59. The van der Waals surface area contributed by atoms with Crippen LogP contribution < -0.4 is 14.2 Å². The minimum atomic E-state index is -3.88. The lowest BCUT2D eigenvalue weighted by Crippen LogP contribution is -2.13. The van der Waals surface area contributed by atoms with E-state index >= 15 is 0 Å². The summed E-state index contributed by atoms with van der Waals surface area (Å²) in [6, 6.07) is 9.99. The van der Waals surface area contributed by atoms with Gasteiger partial charge in [-0.2, -0.15) is 0 Å². The fraction of sp³-hybridized carbons (Fsp3) is 0.250. The molecule has 0 amide bonds. The summed E-state index contributed by atoms with van der Waals surface area (Å²) in [5.74, 6) is -0.0588. The van der Waals surface area contributed by atoms with Gasteiger partial charge in [0.2, 0.25) is 0 Å². The highest BCUT2D eigenvalue weighted by Gasteiger charge is 2.17. The summed E-state index contributed by atoms with van der Waals surface area (Å²) >= 11 is 0. The van der Waals surface area contributed by atoms with E-state index in [0.717, 1.165) is 6.07 Å². The van der Waals surface area contributed by atoms with E-state index in [1.54, 1.807) is 31.2 Å². The van der Waals surface area contributed by atoms with E-state index in [1.807, 2.05) is 6.92 Å². The van der Waals surface area contributed by atoms with Crippen molar-refractivity contribution in [2.75, 3.05) is 17.9 Å². The molecule has 0 unspecified atom stereocenters. The Kier molecular flexibility index (Phi) is 5.44. The summed E-state index contributed by atoms with van der Waals surface area (Å²) in [5, 5.41) is 0. The van der Waals surface area contributed by atoms with Crippen LogP contribution in [0.2, 0.25) is 0 Å². The number of benzene rings is 2. The molecule has 0 saturated carbocycles. The Morgan fingerprint density at radius 3 is 2.22 bits per heavy atom. The summed E-state index contributed by atoms with van der Waals surface area (Å²) in [5.41, 5.74) is 0.364. The SMILES string of the molecule is CCOc1ccc(NS(=O)(=O)c2ccc(OCC)c(F)c2)cc1. The molecule has 0 aliphatic heterocycles. The Balaban J connectivity index is 2.19. The number of halogens is 1. The maximum absolute atomic E-state index is 13.8. The zero-order valence-electron chi connectivity index (χ0n) is 12.9. The van der Waals surface area contributed by atoms with Crippen molar-refractivity contribution in [1.29, 1.82) is 0 Å². The van der Waals surface area contributed by atoms with Crippen molar-refractivity contribution in [2.45, 2.75) is 18.7 Å². The highest BCUT2D eigenvalue weighted by Crippen LogP contribution is 2.23. The van der Waals surface area contributed by atoms with Gasteiger partial charge in [-0.05, 0) is 56.3 Å². The van der Waals surface area contributed by atoms with E-state index in [1.165, 1.54) is 12.1 Å². The van der Waals surface area contributed by atoms with E-state index in [2.05, 4.69) is 4.72 Å². The molecule has 0 bridgehead atoms. The molecule has 0 aromatic heterocycles. The third-order valence-corrected chi connectivity index (χ3v) is 4.31. The molecule has 0 spiro atoms. The maximum atomic E-state index is 13.8. The molecule has 2 rings (SSSR count). The molecule has 23 heavy (non-hydrogen) atoms. The Bertz CT molecular complexity index is 760. The molecule has 0 aliphatic carbocycles. The number of rotatable bonds is 7. The molecule has 0 saturated heterocycles. The Labute approximate surface area is 135 Å². The van der Waals surface area contributed by atoms with Gasteiger partial charge in [0, 0.05) is 5.69 Å². The van der Waals surface area contributed by atoms with Crippen molar-refractivity contribution in [3.8, 4) is 11.5 Å². The summed E-state index contributed by atoms with van der Waals surface area (Å²) in [6.45, 7) is 4.40. The van der Waals surface area contributed by atoms with Gasteiger partial charge >= 0.3 is 0 Å². The number of hydrogen-bond acceptors (Lipinski definition) is 4. The number of ether oxygens (including phenoxy) is 2. The van der Waals surface area contributed by atoms with Crippen LogP contribution in [0.15, 0.2) is 47.4 Å². The minimum absolute atomic E-state index is 0.0208. The number of sulfonamides is 1. The minimum Gasteiger partial charge on any atom is -0.494 e. The van der Waals surface area contributed by atoms with E-state index < -0.39 is 15.8 Å². The number of anilines is 1. The summed E-state index contributed by atoms with van der Waals surface area (Å²) in [7, 11) is -3.88. The fourth-order valence-electron chi connectivity index (χ4n) is 1.92. The standard InChI is InChI=1S/C16H18FNO4S/c1-3-21-13-7-5-12(6-8-13)18-23(19,20)14-9-10-16(22-4-2)15(17)11-14/h5-11,18H,3-4H2,1-2H3. The van der Waals surface area contributed by atoms with Crippen LogP contribution in [-0.4, -0.2) is 21.6 Å². The van der Waals surface area contributed by atoms with E-state index in [-0.39, 0.29) is 10.6 Å². The van der Waals surface area contributed by atoms with Gasteiger partial charge in [0.1, 0.15) is 5.75 Å². The maximum Gasteiger partial charge on any atom is 0.262 e. The Morgan fingerprint density at radius 2 is 1.65 bits per heavy atom. The zero-order valence-corrected chi connectivity index (χ0v) is 13.7. The Morgan fingerprint density at radius 1 is 1.00 bits per heavy atom. The fourth-order valence-corrected chi connectivity index (χ4v) is 2.99. The van der Waals surface area contributed by atoms with Crippen LogP contribution in [0.25, 0.3) is 0 Å². The predicted molar refractivity (Wildman–Crippen MR) is 86.0 cm³/mol. The molecule has 0 atom stereocenters. The average molecular weight is 339 g/mol. The molecular formula is C16H18FNO4S. The van der Waals surface area contributed by atoms with Crippen molar-refractivity contribution in [1.82, 2.24) is 0 Å².